The minimum atomic E-state index is -0.250. The Bertz CT molecular complexity index is 409. The first-order valence-electron chi connectivity index (χ1n) is 5.72. The molecular weight excluding hydrogens is 216 g/mol. The fourth-order valence-electron chi connectivity index (χ4n) is 1.58. The fraction of sp³-hybridized carbons (Fsp3) is 0.500. The summed E-state index contributed by atoms with van der Waals surface area (Å²) in [6.45, 7) is 9.52. The number of H-pyrrole nitrogens is 1. The van der Waals surface area contributed by atoms with Gasteiger partial charge in [-0.1, -0.05) is 19.9 Å². The second kappa shape index (κ2) is 5.52. The molecule has 0 bridgehead atoms. The van der Waals surface area contributed by atoms with E-state index in [-0.39, 0.29) is 23.6 Å². The summed E-state index contributed by atoms with van der Waals surface area (Å²) >= 11 is 0. The molecule has 0 saturated carbocycles. The van der Waals surface area contributed by atoms with E-state index in [1.807, 2.05) is 20.8 Å². The Hall–Kier alpha value is -1.78. The maximum Gasteiger partial charge on any atom is 0.274 e. The maximum atomic E-state index is 11.9. The average molecular weight is 236 g/mol. The highest BCUT2D eigenvalue weighted by molar-refractivity contribution is 5.97. The number of hydrogen-bond acceptors (Lipinski definition) is 3. The largest absolute Gasteiger partial charge is 0.395 e. The summed E-state index contributed by atoms with van der Waals surface area (Å²) in [4.78, 5) is 11.9. The summed E-state index contributed by atoms with van der Waals surface area (Å²) in [6, 6.07) is 0.0265. The van der Waals surface area contributed by atoms with Crippen LogP contribution in [0.2, 0.25) is 0 Å². The molecular formula is C12H20N4O. The standard InChI is InChI=1S/C12H20N4O/c1-5-6-8(4)14-12(17)11-9(13)10(7(2)3)15-16-11/h5,7-8H,1,6,13H2,2-4H3,(H,14,17)(H,15,16). The number of nitrogens with two attached hydrogens (primary N) is 1. The first-order chi connectivity index (χ1) is 7.97. The van der Waals surface area contributed by atoms with Crippen molar-refractivity contribution in [2.75, 3.05) is 5.73 Å². The SMILES string of the molecule is C=CCC(C)NC(=O)c1n[nH]c(C(C)C)c1N. The summed E-state index contributed by atoms with van der Waals surface area (Å²) in [6.07, 6.45) is 2.48. The molecule has 0 saturated heterocycles. The summed E-state index contributed by atoms with van der Waals surface area (Å²) in [5.41, 5.74) is 7.38. The molecule has 0 aliphatic heterocycles. The van der Waals surface area contributed by atoms with Gasteiger partial charge in [0.1, 0.15) is 0 Å². The van der Waals surface area contributed by atoms with Crippen LogP contribution in [-0.4, -0.2) is 22.1 Å². The Labute approximate surface area is 101 Å². The number of hydrogen-bond donors (Lipinski definition) is 3. The van der Waals surface area contributed by atoms with Crippen LogP contribution in [0.15, 0.2) is 12.7 Å². The second-order valence-electron chi connectivity index (χ2n) is 4.45. The van der Waals surface area contributed by atoms with Crippen molar-refractivity contribution in [2.45, 2.75) is 39.2 Å². The maximum absolute atomic E-state index is 11.9. The minimum absolute atomic E-state index is 0.0265. The number of aromatic amines is 1. The lowest BCUT2D eigenvalue weighted by Gasteiger charge is -2.10. The number of nitrogens with zero attached hydrogens (tertiary/aromatic N) is 1. The third-order valence-electron chi connectivity index (χ3n) is 2.52. The first kappa shape index (κ1) is 13.3. The molecule has 0 aliphatic rings. The molecule has 0 spiro atoms. The van der Waals surface area contributed by atoms with Crippen molar-refractivity contribution in [2.24, 2.45) is 0 Å². The van der Waals surface area contributed by atoms with Gasteiger partial charge >= 0.3 is 0 Å². The van der Waals surface area contributed by atoms with Crippen molar-refractivity contribution in [1.29, 1.82) is 0 Å². The van der Waals surface area contributed by atoms with Gasteiger partial charge in [0.2, 0.25) is 0 Å². The molecule has 1 amide bonds. The molecule has 0 aliphatic carbocycles. The van der Waals surface area contributed by atoms with Crippen LogP contribution in [0.5, 0.6) is 0 Å². The normalized spacial score (nSPS) is 12.5. The van der Waals surface area contributed by atoms with Gasteiger partial charge in [-0.2, -0.15) is 5.10 Å². The van der Waals surface area contributed by atoms with Crippen LogP contribution >= 0.6 is 0 Å². The van der Waals surface area contributed by atoms with Crippen molar-refractivity contribution in [1.82, 2.24) is 15.5 Å². The lowest BCUT2D eigenvalue weighted by atomic mass is 10.1. The van der Waals surface area contributed by atoms with E-state index in [4.69, 9.17) is 5.73 Å². The average Bonchev–Trinajstić information content (AvgIpc) is 2.60. The lowest BCUT2D eigenvalue weighted by molar-refractivity contribution is 0.0936. The Balaban J connectivity index is 2.79. The highest BCUT2D eigenvalue weighted by Gasteiger charge is 2.19. The quantitative estimate of drug-likeness (QED) is 0.682. The number of anilines is 1. The third kappa shape index (κ3) is 3.09. The van der Waals surface area contributed by atoms with Crippen molar-refractivity contribution in [3.63, 3.8) is 0 Å². The number of aromatic nitrogens is 2. The van der Waals surface area contributed by atoms with Crippen LogP contribution in [0, 0.1) is 0 Å². The van der Waals surface area contributed by atoms with E-state index in [0.717, 1.165) is 5.69 Å². The Morgan fingerprint density at radius 2 is 2.24 bits per heavy atom. The Kier molecular flexibility index (Phi) is 4.31. The minimum Gasteiger partial charge on any atom is -0.395 e. The molecule has 0 aromatic carbocycles. The highest BCUT2D eigenvalue weighted by Crippen LogP contribution is 2.21. The molecule has 0 radical (unpaired) electrons. The molecule has 0 fully saturated rings. The summed E-state index contributed by atoms with van der Waals surface area (Å²) in [5, 5.41) is 9.58. The number of carbonyl (C=O) groups is 1. The van der Waals surface area contributed by atoms with E-state index in [9.17, 15) is 4.79 Å². The van der Waals surface area contributed by atoms with Crippen LogP contribution in [0.25, 0.3) is 0 Å². The zero-order valence-corrected chi connectivity index (χ0v) is 10.6. The second-order valence-corrected chi connectivity index (χ2v) is 4.45. The van der Waals surface area contributed by atoms with Gasteiger partial charge in [0.05, 0.1) is 11.4 Å². The number of nitrogen functional groups attached to an aromatic ring is 1. The molecule has 5 heteroatoms. The van der Waals surface area contributed by atoms with E-state index in [1.165, 1.54) is 0 Å². The summed E-state index contributed by atoms with van der Waals surface area (Å²) < 4.78 is 0. The number of nitrogens with one attached hydrogen (secondary N) is 2. The predicted molar refractivity (Wildman–Crippen MR) is 68.8 cm³/mol. The van der Waals surface area contributed by atoms with Gasteiger partial charge in [-0.3, -0.25) is 9.89 Å². The van der Waals surface area contributed by atoms with Gasteiger partial charge < -0.3 is 11.1 Å². The predicted octanol–water partition coefficient (Wildman–Crippen LogP) is 1.81. The van der Waals surface area contributed by atoms with Crippen LogP contribution in [0.4, 0.5) is 5.69 Å². The first-order valence-corrected chi connectivity index (χ1v) is 5.72. The summed E-state index contributed by atoms with van der Waals surface area (Å²) in [5.74, 6) is -0.0327. The van der Waals surface area contributed by atoms with Gasteiger partial charge in [-0.05, 0) is 19.3 Å². The number of amides is 1. The molecule has 17 heavy (non-hydrogen) atoms. The molecule has 1 aromatic heterocycles. The van der Waals surface area contributed by atoms with Crippen molar-refractivity contribution < 1.29 is 4.79 Å². The fourth-order valence-corrected chi connectivity index (χ4v) is 1.58. The van der Waals surface area contributed by atoms with E-state index in [2.05, 4.69) is 22.1 Å². The van der Waals surface area contributed by atoms with Crippen LogP contribution < -0.4 is 11.1 Å². The molecule has 1 rings (SSSR count). The number of rotatable bonds is 5. The lowest BCUT2D eigenvalue weighted by Crippen LogP contribution is -2.32. The van der Waals surface area contributed by atoms with E-state index in [0.29, 0.717) is 12.1 Å². The van der Waals surface area contributed by atoms with E-state index in [1.54, 1.807) is 6.08 Å². The Morgan fingerprint density at radius 1 is 1.59 bits per heavy atom. The van der Waals surface area contributed by atoms with Crippen molar-refractivity contribution in [3.05, 3.63) is 24.0 Å². The Morgan fingerprint density at radius 3 is 2.71 bits per heavy atom. The van der Waals surface area contributed by atoms with E-state index < -0.39 is 0 Å². The molecule has 5 nitrogen and oxygen atoms in total. The third-order valence-corrected chi connectivity index (χ3v) is 2.52. The van der Waals surface area contributed by atoms with Gasteiger partial charge in [0, 0.05) is 6.04 Å². The zero-order chi connectivity index (χ0) is 13.0. The molecule has 4 N–H and O–H groups in total. The van der Waals surface area contributed by atoms with Crippen molar-refractivity contribution >= 4 is 11.6 Å². The monoisotopic (exact) mass is 236 g/mol. The van der Waals surface area contributed by atoms with Gasteiger partial charge in [0.25, 0.3) is 5.91 Å². The molecule has 1 atom stereocenters. The highest BCUT2D eigenvalue weighted by atomic mass is 16.2. The molecule has 1 unspecified atom stereocenters. The van der Waals surface area contributed by atoms with Gasteiger partial charge in [-0.15, -0.1) is 6.58 Å². The van der Waals surface area contributed by atoms with Crippen LogP contribution in [0.3, 0.4) is 0 Å². The van der Waals surface area contributed by atoms with Crippen LogP contribution in [-0.2, 0) is 0 Å². The molecule has 1 heterocycles. The summed E-state index contributed by atoms with van der Waals surface area (Å²) in [7, 11) is 0. The molecule has 1 aromatic rings. The van der Waals surface area contributed by atoms with Crippen LogP contribution in [0.1, 0.15) is 49.3 Å². The topological polar surface area (TPSA) is 83.8 Å². The number of carbonyl (C=O) groups excluding carboxylic acids is 1. The van der Waals surface area contributed by atoms with Gasteiger partial charge in [0.15, 0.2) is 5.69 Å². The van der Waals surface area contributed by atoms with E-state index >= 15 is 0 Å². The smallest absolute Gasteiger partial charge is 0.274 e. The van der Waals surface area contributed by atoms with Gasteiger partial charge in [-0.25, -0.2) is 0 Å². The zero-order valence-electron chi connectivity index (χ0n) is 10.6. The van der Waals surface area contributed by atoms with Crippen molar-refractivity contribution in [3.8, 4) is 0 Å². The molecule has 94 valence electrons.